The van der Waals surface area contributed by atoms with Crippen LogP contribution in [-0.4, -0.2) is 53.9 Å². The van der Waals surface area contributed by atoms with E-state index in [1.807, 2.05) is 6.07 Å². The average Bonchev–Trinajstić information content (AvgIpc) is 2.71. The maximum absolute atomic E-state index is 12.4. The van der Waals surface area contributed by atoms with E-state index in [2.05, 4.69) is 46.4 Å². The van der Waals surface area contributed by atoms with Gasteiger partial charge in [0.2, 0.25) is 5.91 Å². The lowest BCUT2D eigenvalue weighted by Gasteiger charge is -2.33. The summed E-state index contributed by atoms with van der Waals surface area (Å²) in [6.45, 7) is 5.77. The number of amides is 1. The summed E-state index contributed by atoms with van der Waals surface area (Å²) in [5.41, 5.74) is 2.33. The fourth-order valence-electron chi connectivity index (χ4n) is 4.08. The van der Waals surface area contributed by atoms with Gasteiger partial charge in [-0.05, 0) is 57.5 Å². The minimum absolute atomic E-state index is 0.0215. The third-order valence-electron chi connectivity index (χ3n) is 5.72. The highest BCUT2D eigenvalue weighted by Gasteiger charge is 2.22. The lowest BCUT2D eigenvalue weighted by molar-refractivity contribution is -0.385. The normalized spacial score (nSPS) is 15.3. The molecule has 160 valence electrons. The van der Waals surface area contributed by atoms with E-state index in [1.54, 1.807) is 19.1 Å². The van der Waals surface area contributed by atoms with Crippen molar-refractivity contribution in [3.05, 3.63) is 69.8 Å². The number of piperidine rings is 1. The topological polar surface area (TPSA) is 78.7 Å². The molecule has 1 aliphatic heterocycles. The van der Waals surface area contributed by atoms with Crippen LogP contribution in [0.15, 0.2) is 48.5 Å². The van der Waals surface area contributed by atoms with E-state index in [9.17, 15) is 14.9 Å². The number of hydrogen-bond acceptors (Lipinski definition) is 5. The average molecular weight is 411 g/mol. The first kappa shape index (κ1) is 21.9. The van der Waals surface area contributed by atoms with Crippen molar-refractivity contribution in [1.29, 1.82) is 0 Å². The van der Waals surface area contributed by atoms with Gasteiger partial charge in [-0.25, -0.2) is 0 Å². The Balaban J connectivity index is 1.43. The third-order valence-corrected chi connectivity index (χ3v) is 5.72. The maximum atomic E-state index is 12.4. The molecule has 2 aromatic carbocycles. The molecular weight excluding hydrogens is 380 g/mol. The zero-order valence-electron chi connectivity index (χ0n) is 17.7. The van der Waals surface area contributed by atoms with Crippen molar-refractivity contribution in [2.75, 3.05) is 38.5 Å². The van der Waals surface area contributed by atoms with Crippen LogP contribution in [0.5, 0.6) is 0 Å². The molecule has 1 aliphatic rings. The van der Waals surface area contributed by atoms with Crippen molar-refractivity contribution >= 4 is 17.3 Å². The molecule has 0 radical (unpaired) electrons. The van der Waals surface area contributed by atoms with Gasteiger partial charge in [-0.1, -0.05) is 36.4 Å². The number of likely N-dealkylation sites (tertiary alicyclic amines) is 1. The minimum Gasteiger partial charge on any atom is -0.324 e. The third kappa shape index (κ3) is 6.11. The number of rotatable bonds is 8. The van der Waals surface area contributed by atoms with Gasteiger partial charge < -0.3 is 10.2 Å². The molecular formula is C23H30N4O3. The Morgan fingerprint density at radius 1 is 1.17 bits per heavy atom. The highest BCUT2D eigenvalue weighted by Crippen LogP contribution is 2.25. The molecule has 0 spiro atoms. The molecule has 3 rings (SSSR count). The Labute approximate surface area is 177 Å². The van der Waals surface area contributed by atoms with Gasteiger partial charge in [0.15, 0.2) is 0 Å². The van der Waals surface area contributed by atoms with E-state index in [-0.39, 0.29) is 11.6 Å². The molecule has 7 heteroatoms. The summed E-state index contributed by atoms with van der Waals surface area (Å²) in [5, 5.41) is 13.9. The summed E-state index contributed by atoms with van der Waals surface area (Å²) >= 11 is 0. The van der Waals surface area contributed by atoms with Crippen LogP contribution in [-0.2, 0) is 11.3 Å². The highest BCUT2D eigenvalue weighted by atomic mass is 16.6. The molecule has 1 heterocycles. The molecule has 0 saturated carbocycles. The molecule has 1 amide bonds. The van der Waals surface area contributed by atoms with Crippen LogP contribution >= 0.6 is 0 Å². The Morgan fingerprint density at radius 2 is 1.87 bits per heavy atom. The van der Waals surface area contributed by atoms with Crippen LogP contribution in [0, 0.1) is 23.0 Å². The van der Waals surface area contributed by atoms with E-state index in [4.69, 9.17) is 0 Å². The number of nitro groups is 1. The quantitative estimate of drug-likeness (QED) is 0.530. The summed E-state index contributed by atoms with van der Waals surface area (Å²) in [5.74, 6) is 0.510. The molecule has 30 heavy (non-hydrogen) atoms. The minimum atomic E-state index is -0.426. The van der Waals surface area contributed by atoms with E-state index in [0.717, 1.165) is 39.0 Å². The van der Waals surface area contributed by atoms with E-state index < -0.39 is 4.92 Å². The summed E-state index contributed by atoms with van der Waals surface area (Å²) in [4.78, 5) is 27.6. The largest absolute Gasteiger partial charge is 0.324 e. The molecule has 0 aliphatic carbocycles. The molecule has 7 nitrogen and oxygen atoms in total. The number of carbonyl (C=O) groups is 1. The Morgan fingerprint density at radius 3 is 2.53 bits per heavy atom. The van der Waals surface area contributed by atoms with Crippen LogP contribution in [0.2, 0.25) is 0 Å². The van der Waals surface area contributed by atoms with Gasteiger partial charge in [-0.15, -0.1) is 0 Å². The molecule has 0 atom stereocenters. The first-order valence-corrected chi connectivity index (χ1v) is 10.4. The first-order valence-electron chi connectivity index (χ1n) is 10.4. The summed E-state index contributed by atoms with van der Waals surface area (Å²) in [6, 6.07) is 15.2. The fourth-order valence-corrected chi connectivity index (χ4v) is 4.08. The van der Waals surface area contributed by atoms with Crippen LogP contribution in [0.3, 0.4) is 0 Å². The second-order valence-electron chi connectivity index (χ2n) is 8.16. The van der Waals surface area contributed by atoms with Crippen LogP contribution in [0.25, 0.3) is 0 Å². The van der Waals surface area contributed by atoms with Gasteiger partial charge in [0.1, 0.15) is 0 Å². The van der Waals surface area contributed by atoms with E-state index >= 15 is 0 Å². The molecule has 1 fully saturated rings. The number of hydrogen-bond donors (Lipinski definition) is 1. The van der Waals surface area contributed by atoms with Crippen LogP contribution in [0.4, 0.5) is 11.4 Å². The van der Waals surface area contributed by atoms with Crippen molar-refractivity contribution < 1.29 is 9.72 Å². The fraction of sp³-hybridized carbons (Fsp3) is 0.435. The van der Waals surface area contributed by atoms with Gasteiger partial charge in [0, 0.05) is 19.2 Å². The number of anilines is 1. The molecule has 0 aromatic heterocycles. The second kappa shape index (κ2) is 10.3. The first-order chi connectivity index (χ1) is 14.4. The highest BCUT2D eigenvalue weighted by molar-refractivity contribution is 5.93. The smallest absolute Gasteiger partial charge is 0.274 e. The number of nitrogens with zero attached hydrogens (tertiary/aromatic N) is 3. The summed E-state index contributed by atoms with van der Waals surface area (Å²) in [7, 11) is 2.16. The second-order valence-corrected chi connectivity index (χ2v) is 8.16. The lowest BCUT2D eigenvalue weighted by atomic mass is 9.96. The standard InChI is InChI=1S/C23H30N4O3/c1-18-21(9-6-10-22(18)27(29)30)24-23(28)17-26-13-11-20(12-14-26)16-25(2)15-19-7-4-3-5-8-19/h3-10,20H,11-17H2,1-2H3,(H,24,28). The number of carbonyl (C=O) groups excluding carboxylic acids is 1. The molecule has 0 bridgehead atoms. The van der Waals surface area contributed by atoms with Gasteiger partial charge in [-0.2, -0.15) is 0 Å². The monoisotopic (exact) mass is 410 g/mol. The molecule has 2 aromatic rings. The number of benzene rings is 2. The SMILES string of the molecule is Cc1c(NC(=O)CN2CCC(CN(C)Cc3ccccc3)CC2)cccc1[N+](=O)[O-]. The Bertz CT molecular complexity index is 864. The van der Waals surface area contributed by atoms with Crippen molar-refractivity contribution in [3.8, 4) is 0 Å². The number of nitro benzene ring substituents is 1. The zero-order valence-corrected chi connectivity index (χ0v) is 17.7. The van der Waals surface area contributed by atoms with Crippen molar-refractivity contribution in [3.63, 3.8) is 0 Å². The Kier molecular flexibility index (Phi) is 7.54. The maximum Gasteiger partial charge on any atom is 0.274 e. The predicted molar refractivity (Wildman–Crippen MR) is 118 cm³/mol. The predicted octanol–water partition coefficient (Wildman–Crippen LogP) is 3.69. The van der Waals surface area contributed by atoms with E-state index in [0.29, 0.717) is 23.7 Å². The Hall–Kier alpha value is -2.77. The van der Waals surface area contributed by atoms with E-state index in [1.165, 1.54) is 11.6 Å². The van der Waals surface area contributed by atoms with Crippen LogP contribution in [0.1, 0.15) is 24.0 Å². The molecule has 0 unspecified atom stereocenters. The van der Waals surface area contributed by atoms with Gasteiger partial charge in [0.25, 0.3) is 5.69 Å². The molecule has 1 N–H and O–H groups in total. The van der Waals surface area contributed by atoms with Gasteiger partial charge in [0.05, 0.1) is 22.7 Å². The summed E-state index contributed by atoms with van der Waals surface area (Å²) < 4.78 is 0. The van der Waals surface area contributed by atoms with Crippen LogP contribution < -0.4 is 5.32 Å². The van der Waals surface area contributed by atoms with Gasteiger partial charge >= 0.3 is 0 Å². The molecule has 1 saturated heterocycles. The van der Waals surface area contributed by atoms with Gasteiger partial charge in [-0.3, -0.25) is 19.8 Å². The summed E-state index contributed by atoms with van der Waals surface area (Å²) in [6.07, 6.45) is 2.14. The zero-order chi connectivity index (χ0) is 21.5. The number of nitrogens with one attached hydrogen (secondary N) is 1. The lowest BCUT2D eigenvalue weighted by Crippen LogP contribution is -2.41. The van der Waals surface area contributed by atoms with Crippen molar-refractivity contribution in [1.82, 2.24) is 9.80 Å². The van der Waals surface area contributed by atoms with Crippen molar-refractivity contribution in [2.24, 2.45) is 5.92 Å². The van der Waals surface area contributed by atoms with Crippen molar-refractivity contribution in [2.45, 2.75) is 26.3 Å².